The normalized spacial score (nSPS) is 11.1. The summed E-state index contributed by atoms with van der Waals surface area (Å²) in [6.07, 6.45) is 0.924. The number of carbonyl (C=O) groups is 1. The van der Waals surface area contributed by atoms with Crippen LogP contribution in [0.2, 0.25) is 0 Å². The van der Waals surface area contributed by atoms with Crippen molar-refractivity contribution in [2.24, 2.45) is 0 Å². The van der Waals surface area contributed by atoms with Crippen molar-refractivity contribution in [1.29, 1.82) is 0 Å². The van der Waals surface area contributed by atoms with E-state index in [1.165, 1.54) is 0 Å². The number of ether oxygens (including phenoxy) is 2. The molecular formula is C23H30O3. The molecule has 0 spiro atoms. The van der Waals surface area contributed by atoms with Crippen LogP contribution in [0, 0.1) is 0 Å². The molecule has 0 aliphatic rings. The molecule has 3 heteroatoms. The van der Waals surface area contributed by atoms with Gasteiger partial charge in [0.05, 0.1) is 0 Å². The zero-order valence-electron chi connectivity index (χ0n) is 16.8. The Kier molecular flexibility index (Phi) is 6.84. The molecule has 26 heavy (non-hydrogen) atoms. The molecular weight excluding hydrogens is 324 g/mol. The highest BCUT2D eigenvalue weighted by Crippen LogP contribution is 2.33. The standard InChI is InChI=1S/C23H30O3/c1-7-17-11-9-13-19(15(3)4)21(17)25-23(24)26-22-18(8-2)12-10-14-20(22)16(5)6/h9-16H,7-8H2,1-6H3. The molecule has 0 unspecified atom stereocenters. The minimum absolute atomic E-state index is 0.262. The lowest BCUT2D eigenvalue weighted by Gasteiger charge is -2.18. The van der Waals surface area contributed by atoms with E-state index < -0.39 is 6.16 Å². The molecule has 0 atom stereocenters. The Bertz CT molecular complexity index is 697. The molecule has 0 amide bonds. The number of benzene rings is 2. The number of aryl methyl sites for hydroxylation is 2. The summed E-state index contributed by atoms with van der Waals surface area (Å²) in [5, 5.41) is 0. The van der Waals surface area contributed by atoms with Gasteiger partial charge in [0.15, 0.2) is 0 Å². The van der Waals surface area contributed by atoms with Crippen molar-refractivity contribution in [2.45, 2.75) is 66.2 Å². The third-order valence-electron chi connectivity index (χ3n) is 4.63. The largest absolute Gasteiger partial charge is 0.519 e. The van der Waals surface area contributed by atoms with Gasteiger partial charge in [-0.05, 0) is 46.9 Å². The zero-order valence-corrected chi connectivity index (χ0v) is 16.8. The lowest BCUT2D eigenvalue weighted by molar-refractivity contribution is 0.150. The van der Waals surface area contributed by atoms with Crippen LogP contribution in [0.3, 0.4) is 0 Å². The highest BCUT2D eigenvalue weighted by atomic mass is 16.7. The summed E-state index contributed by atoms with van der Waals surface area (Å²) in [6.45, 7) is 12.5. The third-order valence-corrected chi connectivity index (χ3v) is 4.63. The molecule has 0 saturated heterocycles. The Morgan fingerprint density at radius 2 is 1.15 bits per heavy atom. The molecule has 140 valence electrons. The van der Waals surface area contributed by atoms with E-state index in [1.54, 1.807) is 0 Å². The van der Waals surface area contributed by atoms with Gasteiger partial charge >= 0.3 is 6.16 Å². The Morgan fingerprint density at radius 3 is 1.46 bits per heavy atom. The van der Waals surface area contributed by atoms with Crippen molar-refractivity contribution in [3.05, 3.63) is 58.7 Å². The molecule has 0 radical (unpaired) electrons. The summed E-state index contributed by atoms with van der Waals surface area (Å²) in [6, 6.07) is 12.0. The van der Waals surface area contributed by atoms with Crippen molar-refractivity contribution in [2.75, 3.05) is 0 Å². The van der Waals surface area contributed by atoms with Gasteiger partial charge in [0.2, 0.25) is 0 Å². The van der Waals surface area contributed by atoms with E-state index in [-0.39, 0.29) is 11.8 Å². The van der Waals surface area contributed by atoms with Gasteiger partial charge < -0.3 is 9.47 Å². The maximum absolute atomic E-state index is 12.6. The minimum atomic E-state index is -0.671. The predicted octanol–water partition coefficient (Wildman–Crippen LogP) is 6.64. The number of hydrogen-bond acceptors (Lipinski definition) is 3. The van der Waals surface area contributed by atoms with E-state index in [9.17, 15) is 4.79 Å². The fourth-order valence-electron chi connectivity index (χ4n) is 3.11. The lowest BCUT2D eigenvalue weighted by Crippen LogP contribution is -2.18. The van der Waals surface area contributed by atoms with Crippen LogP contribution in [0.15, 0.2) is 36.4 Å². The third kappa shape index (κ3) is 4.46. The molecule has 0 heterocycles. The van der Waals surface area contributed by atoms with Gasteiger partial charge in [-0.3, -0.25) is 0 Å². The van der Waals surface area contributed by atoms with Gasteiger partial charge in [0.1, 0.15) is 11.5 Å². The summed E-state index contributed by atoms with van der Waals surface area (Å²) in [4.78, 5) is 12.6. The van der Waals surface area contributed by atoms with E-state index in [0.29, 0.717) is 11.5 Å². The van der Waals surface area contributed by atoms with Crippen LogP contribution in [0.1, 0.15) is 75.6 Å². The Morgan fingerprint density at radius 1 is 0.769 bits per heavy atom. The van der Waals surface area contributed by atoms with Crippen molar-refractivity contribution in [3.63, 3.8) is 0 Å². The fraction of sp³-hybridized carbons (Fsp3) is 0.435. The second-order valence-electron chi connectivity index (χ2n) is 7.14. The van der Waals surface area contributed by atoms with Crippen molar-refractivity contribution in [3.8, 4) is 11.5 Å². The van der Waals surface area contributed by atoms with Crippen LogP contribution >= 0.6 is 0 Å². The first kappa shape index (κ1) is 20.0. The molecule has 2 rings (SSSR count). The van der Waals surface area contributed by atoms with E-state index >= 15 is 0 Å². The Balaban J connectivity index is 2.34. The van der Waals surface area contributed by atoms with E-state index in [1.807, 2.05) is 36.4 Å². The maximum Gasteiger partial charge on any atom is 0.519 e. The van der Waals surface area contributed by atoms with Crippen LogP contribution < -0.4 is 9.47 Å². The Labute approximate surface area is 157 Å². The van der Waals surface area contributed by atoms with Gasteiger partial charge in [-0.15, -0.1) is 0 Å². The molecule has 0 saturated carbocycles. The van der Waals surface area contributed by atoms with E-state index in [4.69, 9.17) is 9.47 Å². The van der Waals surface area contributed by atoms with Gasteiger partial charge in [0, 0.05) is 0 Å². The van der Waals surface area contributed by atoms with Crippen LogP contribution in [0.4, 0.5) is 4.79 Å². The topological polar surface area (TPSA) is 35.5 Å². The van der Waals surface area contributed by atoms with Crippen molar-refractivity contribution < 1.29 is 14.3 Å². The number of para-hydroxylation sites is 2. The molecule has 0 fully saturated rings. The highest BCUT2D eigenvalue weighted by molar-refractivity contribution is 5.70. The first-order chi connectivity index (χ1) is 12.4. The van der Waals surface area contributed by atoms with Gasteiger partial charge in [0.25, 0.3) is 0 Å². The first-order valence-corrected chi connectivity index (χ1v) is 9.52. The second kappa shape index (κ2) is 8.88. The molecule has 0 bridgehead atoms. The van der Waals surface area contributed by atoms with Gasteiger partial charge in [-0.1, -0.05) is 77.9 Å². The van der Waals surface area contributed by atoms with Crippen molar-refractivity contribution in [1.82, 2.24) is 0 Å². The quantitative estimate of drug-likeness (QED) is 0.431. The minimum Gasteiger partial charge on any atom is -0.394 e. The smallest absolute Gasteiger partial charge is 0.394 e. The summed E-state index contributed by atoms with van der Waals surface area (Å²) >= 11 is 0. The maximum atomic E-state index is 12.6. The monoisotopic (exact) mass is 354 g/mol. The predicted molar refractivity (Wildman–Crippen MR) is 106 cm³/mol. The number of carbonyl (C=O) groups excluding carboxylic acids is 1. The van der Waals surface area contributed by atoms with Gasteiger partial charge in [-0.25, -0.2) is 4.79 Å². The first-order valence-electron chi connectivity index (χ1n) is 9.52. The van der Waals surface area contributed by atoms with Crippen LogP contribution in [0.25, 0.3) is 0 Å². The summed E-state index contributed by atoms with van der Waals surface area (Å²) in [7, 11) is 0. The SMILES string of the molecule is CCc1cccc(C(C)C)c1OC(=O)Oc1c(CC)cccc1C(C)C. The molecule has 0 aromatic heterocycles. The number of rotatable bonds is 6. The summed E-state index contributed by atoms with van der Waals surface area (Å²) in [5.74, 6) is 1.79. The summed E-state index contributed by atoms with van der Waals surface area (Å²) in [5.41, 5.74) is 4.07. The number of hydrogen-bond donors (Lipinski definition) is 0. The molecule has 2 aromatic carbocycles. The van der Waals surface area contributed by atoms with E-state index in [0.717, 1.165) is 35.1 Å². The zero-order chi connectivity index (χ0) is 19.3. The fourth-order valence-corrected chi connectivity index (χ4v) is 3.11. The average Bonchev–Trinajstić information content (AvgIpc) is 2.61. The van der Waals surface area contributed by atoms with E-state index in [2.05, 4.69) is 41.5 Å². The lowest BCUT2D eigenvalue weighted by atomic mass is 9.98. The molecule has 0 aliphatic carbocycles. The van der Waals surface area contributed by atoms with Crippen LogP contribution in [0.5, 0.6) is 11.5 Å². The van der Waals surface area contributed by atoms with Gasteiger partial charge in [-0.2, -0.15) is 0 Å². The second-order valence-corrected chi connectivity index (χ2v) is 7.14. The Hall–Kier alpha value is -2.29. The molecule has 0 N–H and O–H groups in total. The van der Waals surface area contributed by atoms with Crippen LogP contribution in [-0.4, -0.2) is 6.16 Å². The summed E-state index contributed by atoms with van der Waals surface area (Å²) < 4.78 is 11.4. The van der Waals surface area contributed by atoms with Crippen LogP contribution in [-0.2, 0) is 12.8 Å². The average molecular weight is 354 g/mol. The highest BCUT2D eigenvalue weighted by Gasteiger charge is 2.20. The molecule has 3 nitrogen and oxygen atoms in total. The molecule has 2 aromatic rings. The molecule has 0 aliphatic heterocycles. The van der Waals surface area contributed by atoms with Crippen molar-refractivity contribution >= 4 is 6.16 Å².